The maximum absolute atomic E-state index is 2.28. The van der Waals surface area contributed by atoms with Crippen LogP contribution in [0.2, 0.25) is 0 Å². The molecule has 0 N–H and O–H groups in total. The van der Waals surface area contributed by atoms with E-state index in [1.54, 1.807) is 11.1 Å². The molecule has 2 rings (SSSR count). The molecule has 0 unspecified atom stereocenters. The summed E-state index contributed by atoms with van der Waals surface area (Å²) >= 11 is 0. The van der Waals surface area contributed by atoms with Crippen LogP contribution >= 0.6 is 0 Å². The number of rotatable bonds is 0. The van der Waals surface area contributed by atoms with Crippen molar-refractivity contribution in [1.82, 2.24) is 0 Å². The third kappa shape index (κ3) is 0.593. The Morgan fingerprint density at radius 2 is 2.11 bits per heavy atom. The van der Waals surface area contributed by atoms with Gasteiger partial charge in [0.15, 0.2) is 0 Å². The van der Waals surface area contributed by atoms with Gasteiger partial charge in [-0.2, -0.15) is 0 Å². The molecule has 1 atom stereocenters. The van der Waals surface area contributed by atoms with Gasteiger partial charge < -0.3 is 0 Å². The summed E-state index contributed by atoms with van der Waals surface area (Å²) in [6.45, 7) is 2.28. The minimum absolute atomic E-state index is 0.821. The van der Waals surface area contributed by atoms with E-state index < -0.39 is 0 Å². The quantitative estimate of drug-likeness (QED) is 0.490. The first-order valence-electron chi connectivity index (χ1n) is 3.46. The van der Waals surface area contributed by atoms with E-state index in [0.29, 0.717) is 0 Å². The standard InChI is InChI=1S/C9H10/c1-7-6-8-4-2-3-5-9(7)8/h2-5,7H,6H2,1H3/t7-/m0/s1. The van der Waals surface area contributed by atoms with Crippen molar-refractivity contribution in [2.75, 3.05) is 0 Å². The van der Waals surface area contributed by atoms with Gasteiger partial charge in [-0.1, -0.05) is 31.2 Å². The zero-order valence-corrected chi connectivity index (χ0v) is 5.59. The molecule has 0 heterocycles. The second-order valence-electron chi connectivity index (χ2n) is 2.80. The van der Waals surface area contributed by atoms with Crippen molar-refractivity contribution in [3.05, 3.63) is 35.4 Å². The Balaban J connectivity index is 2.51. The average Bonchev–Trinajstić information content (AvgIpc) is 1.86. The number of hydrogen-bond acceptors (Lipinski definition) is 0. The maximum atomic E-state index is 2.28. The topological polar surface area (TPSA) is 0 Å². The first kappa shape index (κ1) is 5.04. The molecule has 46 valence electrons. The van der Waals surface area contributed by atoms with Crippen molar-refractivity contribution in [3.63, 3.8) is 0 Å². The summed E-state index contributed by atoms with van der Waals surface area (Å²) in [5.74, 6) is 0.821. The fraction of sp³-hybridized carbons (Fsp3) is 0.333. The zero-order chi connectivity index (χ0) is 6.27. The van der Waals surface area contributed by atoms with Crippen LogP contribution in [0.15, 0.2) is 24.3 Å². The summed E-state index contributed by atoms with van der Waals surface area (Å²) in [5.41, 5.74) is 3.10. The normalized spacial score (nSPS) is 22.6. The van der Waals surface area contributed by atoms with Crippen LogP contribution in [-0.2, 0) is 6.42 Å². The molecule has 0 aromatic heterocycles. The van der Waals surface area contributed by atoms with Crippen LogP contribution in [0.4, 0.5) is 0 Å². The molecule has 0 bridgehead atoms. The SMILES string of the molecule is C[C@H]1Cc2ccccc21. The molecule has 0 amide bonds. The molecular weight excluding hydrogens is 108 g/mol. The second kappa shape index (κ2) is 1.60. The first-order valence-corrected chi connectivity index (χ1v) is 3.46. The van der Waals surface area contributed by atoms with Crippen LogP contribution in [0.1, 0.15) is 24.0 Å². The monoisotopic (exact) mass is 118 g/mol. The molecule has 0 spiro atoms. The molecule has 0 aliphatic heterocycles. The van der Waals surface area contributed by atoms with E-state index >= 15 is 0 Å². The van der Waals surface area contributed by atoms with Crippen LogP contribution in [-0.4, -0.2) is 0 Å². The largest absolute Gasteiger partial charge is 0.0620 e. The molecule has 9 heavy (non-hydrogen) atoms. The molecule has 0 saturated heterocycles. The van der Waals surface area contributed by atoms with E-state index in [1.807, 2.05) is 0 Å². The minimum atomic E-state index is 0.821. The highest BCUT2D eigenvalue weighted by atomic mass is 14.2. The summed E-state index contributed by atoms with van der Waals surface area (Å²) in [7, 11) is 0. The van der Waals surface area contributed by atoms with Crippen molar-refractivity contribution in [3.8, 4) is 0 Å². The van der Waals surface area contributed by atoms with E-state index in [9.17, 15) is 0 Å². The van der Waals surface area contributed by atoms with Crippen LogP contribution in [0.3, 0.4) is 0 Å². The van der Waals surface area contributed by atoms with Crippen molar-refractivity contribution in [2.24, 2.45) is 0 Å². The van der Waals surface area contributed by atoms with Crippen molar-refractivity contribution in [1.29, 1.82) is 0 Å². The number of benzene rings is 1. The highest BCUT2D eigenvalue weighted by molar-refractivity contribution is 5.38. The van der Waals surface area contributed by atoms with E-state index in [-0.39, 0.29) is 0 Å². The average molecular weight is 118 g/mol. The van der Waals surface area contributed by atoms with Crippen molar-refractivity contribution in [2.45, 2.75) is 19.3 Å². The van der Waals surface area contributed by atoms with Gasteiger partial charge in [0, 0.05) is 0 Å². The summed E-state index contributed by atoms with van der Waals surface area (Å²) in [4.78, 5) is 0. The highest BCUT2D eigenvalue weighted by Crippen LogP contribution is 2.33. The molecule has 1 aromatic rings. The zero-order valence-electron chi connectivity index (χ0n) is 5.59. The lowest BCUT2D eigenvalue weighted by Crippen LogP contribution is -2.12. The molecule has 0 nitrogen and oxygen atoms in total. The summed E-state index contributed by atoms with van der Waals surface area (Å²) in [6.07, 6.45) is 1.29. The van der Waals surface area contributed by atoms with Gasteiger partial charge in [-0.05, 0) is 23.5 Å². The predicted octanol–water partition coefficient (Wildman–Crippen LogP) is 2.35. The number of fused-ring (bicyclic) bond motifs is 1. The lowest BCUT2D eigenvalue weighted by Gasteiger charge is -2.25. The van der Waals surface area contributed by atoms with E-state index in [4.69, 9.17) is 0 Å². The predicted molar refractivity (Wildman–Crippen MR) is 38.6 cm³/mol. The fourth-order valence-electron chi connectivity index (χ4n) is 1.51. The molecule has 0 heteroatoms. The Bertz CT molecular complexity index is 225. The Kier molecular flexibility index (Phi) is 0.895. The van der Waals surface area contributed by atoms with Crippen LogP contribution in [0.25, 0.3) is 0 Å². The van der Waals surface area contributed by atoms with Crippen LogP contribution in [0.5, 0.6) is 0 Å². The third-order valence-electron chi connectivity index (χ3n) is 2.11. The lowest BCUT2D eigenvalue weighted by molar-refractivity contribution is 0.667. The van der Waals surface area contributed by atoms with Crippen molar-refractivity contribution < 1.29 is 0 Å². The summed E-state index contributed by atoms with van der Waals surface area (Å²) < 4.78 is 0. The Hall–Kier alpha value is -0.780. The Morgan fingerprint density at radius 3 is 2.67 bits per heavy atom. The third-order valence-corrected chi connectivity index (χ3v) is 2.11. The van der Waals surface area contributed by atoms with Gasteiger partial charge in [0.05, 0.1) is 0 Å². The van der Waals surface area contributed by atoms with Crippen molar-refractivity contribution >= 4 is 0 Å². The molecule has 1 aliphatic rings. The Labute approximate surface area is 55.5 Å². The molecule has 0 radical (unpaired) electrons. The summed E-state index contributed by atoms with van der Waals surface area (Å²) in [6, 6.07) is 8.68. The Morgan fingerprint density at radius 1 is 1.33 bits per heavy atom. The van der Waals surface area contributed by atoms with Gasteiger partial charge >= 0.3 is 0 Å². The van der Waals surface area contributed by atoms with E-state index in [0.717, 1.165) is 5.92 Å². The van der Waals surface area contributed by atoms with Gasteiger partial charge in [0.25, 0.3) is 0 Å². The van der Waals surface area contributed by atoms with Gasteiger partial charge in [-0.3, -0.25) is 0 Å². The van der Waals surface area contributed by atoms with Gasteiger partial charge in [-0.25, -0.2) is 0 Å². The van der Waals surface area contributed by atoms with Gasteiger partial charge in [0.2, 0.25) is 0 Å². The van der Waals surface area contributed by atoms with E-state index in [2.05, 4.69) is 31.2 Å². The van der Waals surface area contributed by atoms with Crippen LogP contribution < -0.4 is 0 Å². The molecule has 1 aliphatic carbocycles. The summed E-state index contributed by atoms with van der Waals surface area (Å²) in [5, 5.41) is 0. The molecule has 0 fully saturated rings. The lowest BCUT2D eigenvalue weighted by atomic mass is 9.79. The van der Waals surface area contributed by atoms with Crippen LogP contribution in [0, 0.1) is 0 Å². The highest BCUT2D eigenvalue weighted by Gasteiger charge is 2.19. The van der Waals surface area contributed by atoms with Gasteiger partial charge in [0.1, 0.15) is 0 Å². The first-order chi connectivity index (χ1) is 4.38. The number of hydrogen-bond donors (Lipinski definition) is 0. The smallest absolute Gasteiger partial charge is 0.0147 e. The fourth-order valence-corrected chi connectivity index (χ4v) is 1.51. The molecule has 1 aromatic carbocycles. The van der Waals surface area contributed by atoms with Gasteiger partial charge in [-0.15, -0.1) is 0 Å². The molecular formula is C9H10. The molecule has 0 saturated carbocycles. The maximum Gasteiger partial charge on any atom is -0.0147 e. The second-order valence-corrected chi connectivity index (χ2v) is 2.80. The minimum Gasteiger partial charge on any atom is -0.0620 e. The van der Waals surface area contributed by atoms with E-state index in [1.165, 1.54) is 6.42 Å².